The van der Waals surface area contributed by atoms with Gasteiger partial charge in [-0.2, -0.15) is 0 Å². The fourth-order valence-electron chi connectivity index (χ4n) is 4.68. The van der Waals surface area contributed by atoms with Crippen LogP contribution in [-0.4, -0.2) is 42.8 Å². The van der Waals surface area contributed by atoms with Gasteiger partial charge in [-0.1, -0.05) is 27.7 Å². The summed E-state index contributed by atoms with van der Waals surface area (Å²) < 4.78 is 6.02. The molecule has 1 aliphatic carbocycles. The summed E-state index contributed by atoms with van der Waals surface area (Å²) in [5.41, 5.74) is 6.91. The third-order valence-corrected chi connectivity index (χ3v) is 5.48. The quantitative estimate of drug-likeness (QED) is 0.842. The summed E-state index contributed by atoms with van der Waals surface area (Å²) in [7, 11) is 0. The van der Waals surface area contributed by atoms with E-state index in [1.54, 1.807) is 0 Å². The number of likely N-dealkylation sites (tertiary alicyclic amines) is 1. The Hall–Kier alpha value is -0.120. The van der Waals surface area contributed by atoms with Gasteiger partial charge < -0.3 is 10.5 Å². The molecular formula is C17H34N2O. The summed E-state index contributed by atoms with van der Waals surface area (Å²) in [6.07, 6.45) is 6.53. The molecule has 0 radical (unpaired) electrons. The highest BCUT2D eigenvalue weighted by molar-refractivity contribution is 5.07. The fraction of sp³-hybridized carbons (Fsp3) is 1.00. The molecule has 3 heteroatoms. The normalized spacial score (nSPS) is 38.2. The van der Waals surface area contributed by atoms with E-state index in [4.69, 9.17) is 10.5 Å². The van der Waals surface area contributed by atoms with Gasteiger partial charge in [-0.3, -0.25) is 4.90 Å². The lowest BCUT2D eigenvalue weighted by atomic mass is 9.83. The molecule has 0 amide bonds. The Morgan fingerprint density at radius 1 is 1.35 bits per heavy atom. The standard InChI is InChI=1S/C17H34N2O/c1-5-9-20-15-7-6-8-19(11-15)17(13-18)12-16(3,4)10-14(17)2/h14-15H,5-13,18H2,1-4H3. The first-order chi connectivity index (χ1) is 9.43. The van der Waals surface area contributed by atoms with Crippen LogP contribution in [0.4, 0.5) is 0 Å². The maximum absolute atomic E-state index is 6.27. The molecule has 3 atom stereocenters. The second-order valence-corrected chi connectivity index (χ2v) is 7.83. The van der Waals surface area contributed by atoms with Gasteiger partial charge in [0.25, 0.3) is 0 Å². The molecular weight excluding hydrogens is 248 g/mol. The van der Waals surface area contributed by atoms with E-state index in [1.807, 2.05) is 0 Å². The Morgan fingerprint density at radius 3 is 2.65 bits per heavy atom. The van der Waals surface area contributed by atoms with Gasteiger partial charge in [-0.05, 0) is 50.0 Å². The van der Waals surface area contributed by atoms with Crippen LogP contribution in [0.3, 0.4) is 0 Å². The Kier molecular flexibility index (Phi) is 5.14. The first-order valence-electron chi connectivity index (χ1n) is 8.50. The summed E-state index contributed by atoms with van der Waals surface area (Å²) >= 11 is 0. The van der Waals surface area contributed by atoms with Crippen molar-refractivity contribution in [3.63, 3.8) is 0 Å². The molecule has 2 N–H and O–H groups in total. The Balaban J connectivity index is 2.07. The molecule has 0 aromatic rings. The van der Waals surface area contributed by atoms with Gasteiger partial charge in [0.2, 0.25) is 0 Å². The molecule has 0 aromatic carbocycles. The van der Waals surface area contributed by atoms with E-state index < -0.39 is 0 Å². The number of nitrogens with zero attached hydrogens (tertiary/aromatic N) is 1. The predicted molar refractivity (Wildman–Crippen MR) is 84.8 cm³/mol. The summed E-state index contributed by atoms with van der Waals surface area (Å²) in [5.74, 6) is 0.687. The minimum Gasteiger partial charge on any atom is -0.377 e. The SMILES string of the molecule is CCCOC1CCCN(C2(CN)CC(C)(C)CC2C)C1. The van der Waals surface area contributed by atoms with E-state index in [2.05, 4.69) is 32.6 Å². The van der Waals surface area contributed by atoms with Crippen molar-refractivity contribution in [1.29, 1.82) is 0 Å². The lowest BCUT2D eigenvalue weighted by Gasteiger charge is -2.48. The molecule has 3 nitrogen and oxygen atoms in total. The van der Waals surface area contributed by atoms with Crippen molar-refractivity contribution in [2.75, 3.05) is 26.2 Å². The van der Waals surface area contributed by atoms with Gasteiger partial charge in [-0.15, -0.1) is 0 Å². The first-order valence-corrected chi connectivity index (χ1v) is 8.50. The van der Waals surface area contributed by atoms with Crippen molar-refractivity contribution in [2.24, 2.45) is 17.1 Å². The van der Waals surface area contributed by atoms with Gasteiger partial charge >= 0.3 is 0 Å². The Bertz CT molecular complexity index is 318. The van der Waals surface area contributed by atoms with Crippen molar-refractivity contribution >= 4 is 0 Å². The predicted octanol–water partition coefficient (Wildman–Crippen LogP) is 3.03. The molecule has 2 rings (SSSR count). The van der Waals surface area contributed by atoms with Gasteiger partial charge in [0, 0.05) is 25.2 Å². The van der Waals surface area contributed by atoms with Crippen molar-refractivity contribution in [3.05, 3.63) is 0 Å². The van der Waals surface area contributed by atoms with Crippen molar-refractivity contribution in [3.8, 4) is 0 Å². The highest BCUT2D eigenvalue weighted by Crippen LogP contribution is 2.50. The van der Waals surface area contributed by atoms with Crippen molar-refractivity contribution in [2.45, 2.75) is 71.4 Å². The van der Waals surface area contributed by atoms with Crippen LogP contribution in [0, 0.1) is 11.3 Å². The summed E-state index contributed by atoms with van der Waals surface area (Å²) in [4.78, 5) is 2.68. The van der Waals surface area contributed by atoms with E-state index in [0.717, 1.165) is 26.1 Å². The summed E-state index contributed by atoms with van der Waals surface area (Å²) in [6.45, 7) is 13.3. The third kappa shape index (κ3) is 3.20. The zero-order valence-corrected chi connectivity index (χ0v) is 14.0. The number of piperidine rings is 1. The molecule has 1 aliphatic heterocycles. The van der Waals surface area contributed by atoms with Crippen LogP contribution in [0.5, 0.6) is 0 Å². The maximum Gasteiger partial charge on any atom is 0.0702 e. The van der Waals surface area contributed by atoms with Crippen LogP contribution in [0.1, 0.15) is 59.8 Å². The van der Waals surface area contributed by atoms with E-state index >= 15 is 0 Å². The van der Waals surface area contributed by atoms with E-state index in [-0.39, 0.29) is 5.54 Å². The molecule has 1 saturated carbocycles. The van der Waals surface area contributed by atoms with Crippen molar-refractivity contribution in [1.82, 2.24) is 4.90 Å². The van der Waals surface area contributed by atoms with Gasteiger partial charge in [-0.25, -0.2) is 0 Å². The highest BCUT2D eigenvalue weighted by atomic mass is 16.5. The summed E-state index contributed by atoms with van der Waals surface area (Å²) in [5, 5.41) is 0. The van der Waals surface area contributed by atoms with Gasteiger partial charge in [0.15, 0.2) is 0 Å². The number of hydrogen-bond acceptors (Lipinski definition) is 3. The molecule has 1 saturated heterocycles. The molecule has 20 heavy (non-hydrogen) atoms. The first kappa shape index (κ1) is 16.3. The molecule has 0 spiro atoms. The van der Waals surface area contributed by atoms with E-state index in [0.29, 0.717) is 17.4 Å². The van der Waals surface area contributed by atoms with Crippen LogP contribution in [0.25, 0.3) is 0 Å². The monoisotopic (exact) mass is 282 g/mol. The maximum atomic E-state index is 6.27. The largest absolute Gasteiger partial charge is 0.377 e. The van der Waals surface area contributed by atoms with Gasteiger partial charge in [0.1, 0.15) is 0 Å². The minimum absolute atomic E-state index is 0.206. The molecule has 0 aromatic heterocycles. The Labute approximate surface area is 125 Å². The molecule has 3 unspecified atom stereocenters. The number of hydrogen-bond donors (Lipinski definition) is 1. The third-order valence-electron chi connectivity index (χ3n) is 5.48. The second kappa shape index (κ2) is 6.33. The molecule has 2 aliphatic rings. The number of nitrogens with two attached hydrogens (primary N) is 1. The van der Waals surface area contributed by atoms with Crippen LogP contribution < -0.4 is 5.73 Å². The zero-order valence-electron chi connectivity index (χ0n) is 14.0. The molecule has 2 fully saturated rings. The van der Waals surface area contributed by atoms with E-state index in [9.17, 15) is 0 Å². The van der Waals surface area contributed by atoms with Crippen LogP contribution >= 0.6 is 0 Å². The van der Waals surface area contributed by atoms with Crippen LogP contribution in [-0.2, 0) is 4.74 Å². The fourth-order valence-corrected chi connectivity index (χ4v) is 4.68. The lowest BCUT2D eigenvalue weighted by molar-refractivity contribution is -0.0469. The topological polar surface area (TPSA) is 38.5 Å². The minimum atomic E-state index is 0.206. The van der Waals surface area contributed by atoms with Crippen LogP contribution in [0.15, 0.2) is 0 Å². The zero-order chi connectivity index (χ0) is 14.8. The second-order valence-electron chi connectivity index (χ2n) is 7.83. The average Bonchev–Trinajstić information content (AvgIpc) is 2.67. The molecule has 0 bridgehead atoms. The highest BCUT2D eigenvalue weighted by Gasteiger charge is 2.51. The Morgan fingerprint density at radius 2 is 2.10 bits per heavy atom. The number of ether oxygens (including phenoxy) is 1. The average molecular weight is 282 g/mol. The molecule has 118 valence electrons. The number of rotatable bonds is 5. The van der Waals surface area contributed by atoms with E-state index in [1.165, 1.54) is 32.2 Å². The lowest BCUT2D eigenvalue weighted by Crippen LogP contribution is -2.59. The summed E-state index contributed by atoms with van der Waals surface area (Å²) in [6, 6.07) is 0. The van der Waals surface area contributed by atoms with Gasteiger partial charge in [0.05, 0.1) is 6.10 Å². The van der Waals surface area contributed by atoms with Crippen LogP contribution in [0.2, 0.25) is 0 Å². The van der Waals surface area contributed by atoms with Crippen molar-refractivity contribution < 1.29 is 4.74 Å². The molecule has 1 heterocycles. The smallest absolute Gasteiger partial charge is 0.0702 e.